The van der Waals surface area contributed by atoms with Crippen molar-refractivity contribution in [3.63, 3.8) is 0 Å². The van der Waals surface area contributed by atoms with Crippen LogP contribution in [0.25, 0.3) is 0 Å². The van der Waals surface area contributed by atoms with Crippen LogP contribution in [0.5, 0.6) is 0 Å². The highest BCUT2D eigenvalue weighted by Crippen LogP contribution is 2.02. The minimum absolute atomic E-state index is 0.318. The van der Waals surface area contributed by atoms with Gasteiger partial charge < -0.3 is 20.7 Å². The number of ether oxygens (including phenoxy) is 1. The number of anilines is 1. The fourth-order valence-electron chi connectivity index (χ4n) is 1.37. The highest BCUT2D eigenvalue weighted by Gasteiger charge is 2.07. The molecule has 1 aliphatic rings. The first-order valence-corrected chi connectivity index (χ1v) is 7.16. The van der Waals surface area contributed by atoms with Crippen molar-refractivity contribution in [3.8, 4) is 0 Å². The molecular weight excluding hydrogens is 266 g/mol. The van der Waals surface area contributed by atoms with E-state index in [0.717, 1.165) is 18.8 Å². The SMILES string of the molecule is CC(C)(C)OC=O.CN1CCNCC1.Nc1ccccc1. The summed E-state index contributed by atoms with van der Waals surface area (Å²) >= 11 is 0. The predicted octanol–water partition coefficient (Wildman–Crippen LogP) is 1.75. The molecule has 0 spiro atoms. The molecule has 1 aliphatic heterocycles. The van der Waals surface area contributed by atoms with Gasteiger partial charge in [0.1, 0.15) is 5.60 Å². The van der Waals surface area contributed by atoms with Gasteiger partial charge in [0.25, 0.3) is 6.47 Å². The Labute approximate surface area is 128 Å². The average molecular weight is 295 g/mol. The third-order valence-electron chi connectivity index (χ3n) is 2.54. The van der Waals surface area contributed by atoms with E-state index in [-0.39, 0.29) is 5.60 Å². The van der Waals surface area contributed by atoms with E-state index in [1.165, 1.54) is 13.1 Å². The van der Waals surface area contributed by atoms with Crippen molar-refractivity contribution in [1.82, 2.24) is 10.2 Å². The van der Waals surface area contributed by atoms with Gasteiger partial charge in [0.05, 0.1) is 0 Å². The molecule has 0 atom stereocenters. The van der Waals surface area contributed by atoms with Crippen LogP contribution in [0.3, 0.4) is 0 Å². The lowest BCUT2D eigenvalue weighted by Gasteiger charge is -2.21. The second kappa shape index (κ2) is 11.1. The summed E-state index contributed by atoms with van der Waals surface area (Å²) in [6, 6.07) is 9.49. The lowest BCUT2D eigenvalue weighted by atomic mass is 10.2. The standard InChI is InChI=1S/C6H7N.C5H12N2.C5H10O2/c7-6-4-2-1-3-5-6;1-7-4-2-6-3-5-7;1-5(2,3)7-4-6/h1-5H,7H2;6H,2-5H2,1H3;4H,1-3H3. The zero-order valence-corrected chi connectivity index (χ0v) is 13.6. The van der Waals surface area contributed by atoms with Crippen LogP contribution in [0.1, 0.15) is 20.8 Å². The van der Waals surface area contributed by atoms with Crippen LogP contribution in [0.4, 0.5) is 5.69 Å². The lowest BCUT2D eigenvalue weighted by molar-refractivity contribution is -0.138. The first kappa shape index (κ1) is 19.4. The molecule has 120 valence electrons. The van der Waals surface area contributed by atoms with Crippen LogP contribution in [-0.2, 0) is 9.53 Å². The van der Waals surface area contributed by atoms with Crippen LogP contribution in [0, 0.1) is 0 Å². The van der Waals surface area contributed by atoms with Gasteiger partial charge in [-0.05, 0) is 40.0 Å². The number of carbonyl (C=O) groups excluding carboxylic acids is 1. The second-order valence-electron chi connectivity index (χ2n) is 5.79. The van der Waals surface area contributed by atoms with E-state index in [2.05, 4.69) is 22.0 Å². The molecule has 0 bridgehead atoms. The molecule has 1 aromatic rings. The quantitative estimate of drug-likeness (QED) is 0.610. The number of likely N-dealkylation sites (N-methyl/N-ethyl adjacent to an activating group) is 1. The molecule has 0 aliphatic carbocycles. The maximum atomic E-state index is 9.60. The Morgan fingerprint density at radius 2 is 1.71 bits per heavy atom. The number of hydrogen-bond acceptors (Lipinski definition) is 5. The number of nitrogen functional groups attached to an aromatic ring is 1. The van der Waals surface area contributed by atoms with Crippen LogP contribution in [-0.4, -0.2) is 50.2 Å². The van der Waals surface area contributed by atoms with E-state index in [0.29, 0.717) is 6.47 Å². The number of nitrogens with zero attached hydrogens (tertiary/aromatic N) is 1. The average Bonchev–Trinajstić information content (AvgIpc) is 2.40. The van der Waals surface area contributed by atoms with Gasteiger partial charge in [-0.15, -0.1) is 0 Å². The van der Waals surface area contributed by atoms with Gasteiger partial charge in [0.2, 0.25) is 0 Å². The highest BCUT2D eigenvalue weighted by atomic mass is 16.5. The number of rotatable bonds is 1. The monoisotopic (exact) mass is 295 g/mol. The van der Waals surface area contributed by atoms with Gasteiger partial charge in [-0.3, -0.25) is 4.79 Å². The van der Waals surface area contributed by atoms with Crippen molar-refractivity contribution in [1.29, 1.82) is 0 Å². The number of nitrogens with one attached hydrogen (secondary N) is 1. The van der Waals surface area contributed by atoms with Crippen molar-refractivity contribution < 1.29 is 9.53 Å². The number of benzene rings is 1. The van der Waals surface area contributed by atoms with Crippen molar-refractivity contribution in [2.45, 2.75) is 26.4 Å². The summed E-state index contributed by atoms with van der Waals surface area (Å²) in [5.74, 6) is 0. The first-order valence-electron chi connectivity index (χ1n) is 7.16. The summed E-state index contributed by atoms with van der Waals surface area (Å²) < 4.78 is 4.55. The molecule has 21 heavy (non-hydrogen) atoms. The topological polar surface area (TPSA) is 67.6 Å². The zero-order chi connectivity index (χ0) is 16.1. The molecule has 1 fully saturated rings. The van der Waals surface area contributed by atoms with Crippen molar-refractivity contribution in [2.24, 2.45) is 0 Å². The van der Waals surface area contributed by atoms with E-state index < -0.39 is 0 Å². The predicted molar refractivity (Wildman–Crippen MR) is 88.1 cm³/mol. The number of hydrogen-bond donors (Lipinski definition) is 2. The molecule has 5 nitrogen and oxygen atoms in total. The molecule has 0 radical (unpaired) electrons. The summed E-state index contributed by atoms with van der Waals surface area (Å²) in [5.41, 5.74) is 5.86. The maximum absolute atomic E-state index is 9.60. The number of para-hydroxylation sites is 1. The Hall–Kier alpha value is -1.59. The fraction of sp³-hybridized carbons (Fsp3) is 0.562. The summed E-state index contributed by atoms with van der Waals surface area (Å²) in [6.07, 6.45) is 0. The lowest BCUT2D eigenvalue weighted by Crippen LogP contribution is -2.40. The molecule has 3 N–H and O–H groups in total. The Bertz CT molecular complexity index is 358. The summed E-state index contributed by atoms with van der Waals surface area (Å²) in [4.78, 5) is 11.9. The van der Waals surface area contributed by atoms with Crippen molar-refractivity contribution in [3.05, 3.63) is 30.3 Å². The minimum atomic E-state index is -0.318. The Kier molecular flexibility index (Phi) is 10.3. The summed E-state index contributed by atoms with van der Waals surface area (Å²) in [7, 11) is 2.15. The van der Waals surface area contributed by atoms with Gasteiger partial charge in [-0.2, -0.15) is 0 Å². The third-order valence-corrected chi connectivity index (χ3v) is 2.54. The Morgan fingerprint density at radius 1 is 1.19 bits per heavy atom. The molecule has 1 saturated heterocycles. The Balaban J connectivity index is 0.000000286. The molecule has 0 amide bonds. The molecule has 0 unspecified atom stereocenters. The molecule has 0 aromatic heterocycles. The van der Waals surface area contributed by atoms with Gasteiger partial charge in [-0.1, -0.05) is 18.2 Å². The van der Waals surface area contributed by atoms with E-state index in [1.807, 2.05) is 51.1 Å². The van der Waals surface area contributed by atoms with E-state index in [4.69, 9.17) is 5.73 Å². The molecular formula is C16H29N3O2. The maximum Gasteiger partial charge on any atom is 0.293 e. The number of nitrogens with two attached hydrogens (primary N) is 1. The van der Waals surface area contributed by atoms with Crippen LogP contribution in [0.15, 0.2) is 30.3 Å². The number of piperazine rings is 1. The van der Waals surface area contributed by atoms with E-state index >= 15 is 0 Å². The van der Waals surface area contributed by atoms with Crippen LogP contribution < -0.4 is 11.1 Å². The normalized spacial score (nSPS) is 14.9. The van der Waals surface area contributed by atoms with Crippen molar-refractivity contribution in [2.75, 3.05) is 39.0 Å². The van der Waals surface area contributed by atoms with Gasteiger partial charge in [0, 0.05) is 31.9 Å². The molecule has 2 rings (SSSR count). The van der Waals surface area contributed by atoms with Crippen LogP contribution in [0.2, 0.25) is 0 Å². The molecule has 5 heteroatoms. The van der Waals surface area contributed by atoms with E-state index in [9.17, 15) is 4.79 Å². The highest BCUT2D eigenvalue weighted by molar-refractivity contribution is 5.37. The van der Waals surface area contributed by atoms with Crippen molar-refractivity contribution >= 4 is 12.2 Å². The Morgan fingerprint density at radius 3 is 1.90 bits per heavy atom. The van der Waals surface area contributed by atoms with E-state index in [1.54, 1.807) is 0 Å². The zero-order valence-electron chi connectivity index (χ0n) is 13.6. The largest absolute Gasteiger partial charge is 0.462 e. The number of carbonyl (C=O) groups is 1. The fourth-order valence-corrected chi connectivity index (χ4v) is 1.37. The van der Waals surface area contributed by atoms with Gasteiger partial charge in [-0.25, -0.2) is 0 Å². The molecule has 0 saturated carbocycles. The van der Waals surface area contributed by atoms with Gasteiger partial charge in [0.15, 0.2) is 0 Å². The van der Waals surface area contributed by atoms with Crippen LogP contribution >= 0.6 is 0 Å². The summed E-state index contributed by atoms with van der Waals surface area (Å²) in [5, 5.41) is 3.27. The second-order valence-corrected chi connectivity index (χ2v) is 5.79. The smallest absolute Gasteiger partial charge is 0.293 e. The summed E-state index contributed by atoms with van der Waals surface area (Å²) in [6.45, 7) is 10.7. The third kappa shape index (κ3) is 14.6. The molecule has 1 aromatic carbocycles. The first-order chi connectivity index (χ1) is 9.85. The minimum Gasteiger partial charge on any atom is -0.462 e. The molecule has 1 heterocycles. The van der Waals surface area contributed by atoms with Gasteiger partial charge >= 0.3 is 0 Å².